The van der Waals surface area contributed by atoms with Crippen LogP contribution in [0, 0.1) is 5.92 Å². The molecule has 13 heavy (non-hydrogen) atoms. The van der Waals surface area contributed by atoms with Crippen molar-refractivity contribution in [1.82, 2.24) is 4.90 Å². The largest absolute Gasteiger partial charge is 0.378 e. The number of hydrogen-bond donors (Lipinski definition) is 0. The summed E-state index contributed by atoms with van der Waals surface area (Å²) in [4.78, 5) is 2.29. The fraction of sp³-hybridized carbons (Fsp3) is 0.500. The molecule has 1 atom stereocenters. The number of allylic oxidation sites excluding steroid dienone is 4. The molecule has 0 heterocycles. The van der Waals surface area contributed by atoms with Gasteiger partial charge >= 0.3 is 0 Å². The van der Waals surface area contributed by atoms with Crippen molar-refractivity contribution in [3.8, 4) is 0 Å². The van der Waals surface area contributed by atoms with Gasteiger partial charge in [-0.05, 0) is 25.0 Å². The lowest BCUT2D eigenvalue weighted by Crippen LogP contribution is -2.24. The Bertz CT molecular complexity index is 248. The van der Waals surface area contributed by atoms with E-state index in [1.54, 1.807) is 0 Å². The molecule has 0 spiro atoms. The highest BCUT2D eigenvalue weighted by molar-refractivity contribution is 5.35. The first-order chi connectivity index (χ1) is 6.20. The lowest BCUT2D eigenvalue weighted by molar-refractivity contribution is 0.387. The first-order valence-corrected chi connectivity index (χ1v) is 4.98. The second-order valence-corrected chi connectivity index (χ2v) is 3.50. The molecule has 0 saturated heterocycles. The number of hydrogen-bond acceptors (Lipinski definition) is 1. The Balaban J connectivity index is 2.86. The molecule has 1 heteroatoms. The van der Waals surface area contributed by atoms with Gasteiger partial charge in [0.25, 0.3) is 0 Å². The quantitative estimate of drug-likeness (QED) is 0.640. The van der Waals surface area contributed by atoms with Gasteiger partial charge in [-0.3, -0.25) is 0 Å². The van der Waals surface area contributed by atoms with Crippen LogP contribution in [-0.4, -0.2) is 18.5 Å². The zero-order chi connectivity index (χ0) is 9.84. The minimum atomic E-state index is 0.523. The van der Waals surface area contributed by atoms with E-state index in [1.807, 2.05) is 0 Å². The maximum atomic E-state index is 4.08. The molecule has 0 radical (unpaired) electrons. The van der Waals surface area contributed by atoms with Gasteiger partial charge in [-0.15, -0.1) is 0 Å². The summed E-state index contributed by atoms with van der Waals surface area (Å²) in [5.41, 5.74) is 2.64. The average Bonchev–Trinajstić information content (AvgIpc) is 2.16. The van der Waals surface area contributed by atoms with E-state index in [-0.39, 0.29) is 0 Å². The third-order valence-electron chi connectivity index (χ3n) is 2.71. The Morgan fingerprint density at radius 1 is 1.46 bits per heavy atom. The molecule has 0 N–H and O–H groups in total. The average molecular weight is 177 g/mol. The van der Waals surface area contributed by atoms with Crippen LogP contribution in [0.5, 0.6) is 0 Å². The Morgan fingerprint density at radius 2 is 2.15 bits per heavy atom. The van der Waals surface area contributed by atoms with Crippen molar-refractivity contribution in [2.24, 2.45) is 5.92 Å². The highest BCUT2D eigenvalue weighted by Gasteiger charge is 2.18. The summed E-state index contributed by atoms with van der Waals surface area (Å²) in [7, 11) is 2.14. The van der Waals surface area contributed by atoms with Crippen LogP contribution >= 0.6 is 0 Å². The number of nitrogens with zero attached hydrogens (tertiary/aromatic N) is 1. The Kier molecular flexibility index (Phi) is 3.35. The third-order valence-corrected chi connectivity index (χ3v) is 2.71. The van der Waals surface area contributed by atoms with Gasteiger partial charge < -0.3 is 4.90 Å². The van der Waals surface area contributed by atoms with Crippen molar-refractivity contribution in [3.63, 3.8) is 0 Å². The first-order valence-electron chi connectivity index (χ1n) is 4.98. The Morgan fingerprint density at radius 3 is 2.69 bits per heavy atom. The summed E-state index contributed by atoms with van der Waals surface area (Å²) >= 11 is 0. The van der Waals surface area contributed by atoms with Crippen LogP contribution in [0.3, 0.4) is 0 Å². The van der Waals surface area contributed by atoms with Crippen LogP contribution in [0.1, 0.15) is 20.3 Å². The van der Waals surface area contributed by atoms with Gasteiger partial charge in [0.15, 0.2) is 0 Å². The fourth-order valence-corrected chi connectivity index (χ4v) is 1.74. The van der Waals surface area contributed by atoms with Crippen LogP contribution in [0.2, 0.25) is 0 Å². The molecule has 0 aromatic heterocycles. The van der Waals surface area contributed by atoms with E-state index in [2.05, 4.69) is 50.6 Å². The van der Waals surface area contributed by atoms with E-state index < -0.39 is 0 Å². The summed E-state index contributed by atoms with van der Waals surface area (Å²) in [6.45, 7) is 9.53. The lowest BCUT2D eigenvalue weighted by Gasteiger charge is -2.30. The molecule has 1 aliphatic carbocycles. The van der Waals surface area contributed by atoms with E-state index in [0.717, 1.165) is 13.0 Å². The molecule has 0 aromatic rings. The molecule has 1 rings (SSSR count). The van der Waals surface area contributed by atoms with Gasteiger partial charge in [-0.2, -0.15) is 0 Å². The maximum Gasteiger partial charge on any atom is 0.0231 e. The lowest BCUT2D eigenvalue weighted by atomic mass is 9.89. The van der Waals surface area contributed by atoms with E-state index in [0.29, 0.717) is 5.92 Å². The molecule has 1 aliphatic rings. The SMILES string of the molecule is C=C1C=CC=C(N(C)CC)C1CC. The van der Waals surface area contributed by atoms with Crippen LogP contribution in [0.15, 0.2) is 36.1 Å². The maximum absolute atomic E-state index is 4.08. The van der Waals surface area contributed by atoms with Crippen LogP contribution in [-0.2, 0) is 0 Å². The third kappa shape index (κ3) is 2.03. The van der Waals surface area contributed by atoms with Crippen molar-refractivity contribution < 1.29 is 0 Å². The predicted octanol–water partition coefficient (Wildman–Crippen LogP) is 2.97. The van der Waals surface area contributed by atoms with Crippen LogP contribution < -0.4 is 0 Å². The zero-order valence-electron chi connectivity index (χ0n) is 8.88. The van der Waals surface area contributed by atoms with Gasteiger partial charge in [0.2, 0.25) is 0 Å². The molecule has 0 aromatic carbocycles. The molecule has 0 bridgehead atoms. The Labute approximate surface area is 81.4 Å². The zero-order valence-corrected chi connectivity index (χ0v) is 8.88. The highest BCUT2D eigenvalue weighted by atomic mass is 15.1. The molecule has 0 saturated carbocycles. The topological polar surface area (TPSA) is 3.24 Å². The molecule has 0 aliphatic heterocycles. The van der Waals surface area contributed by atoms with Gasteiger partial charge in [-0.25, -0.2) is 0 Å². The van der Waals surface area contributed by atoms with Gasteiger partial charge in [0, 0.05) is 25.2 Å². The van der Waals surface area contributed by atoms with Crippen molar-refractivity contribution >= 4 is 0 Å². The number of rotatable bonds is 3. The first kappa shape index (κ1) is 10.1. The minimum Gasteiger partial charge on any atom is -0.378 e. The standard InChI is InChI=1S/C12H19N/c1-5-11-10(3)8-7-9-12(11)13(4)6-2/h7-9,11H,3,5-6H2,1-2,4H3. The van der Waals surface area contributed by atoms with Crippen molar-refractivity contribution in [3.05, 3.63) is 36.1 Å². The molecule has 0 fully saturated rings. The molecular formula is C12H19N. The van der Waals surface area contributed by atoms with Gasteiger partial charge in [-0.1, -0.05) is 25.7 Å². The normalized spacial score (nSPS) is 21.6. The molecule has 1 unspecified atom stereocenters. The van der Waals surface area contributed by atoms with Gasteiger partial charge in [0.05, 0.1) is 0 Å². The summed E-state index contributed by atoms with van der Waals surface area (Å²) in [6, 6.07) is 0. The summed E-state index contributed by atoms with van der Waals surface area (Å²) in [6.07, 6.45) is 7.54. The summed E-state index contributed by atoms with van der Waals surface area (Å²) in [5.74, 6) is 0.523. The van der Waals surface area contributed by atoms with E-state index in [4.69, 9.17) is 0 Å². The second kappa shape index (κ2) is 4.31. The molecule has 0 amide bonds. The van der Waals surface area contributed by atoms with E-state index in [9.17, 15) is 0 Å². The van der Waals surface area contributed by atoms with Crippen molar-refractivity contribution in [2.45, 2.75) is 20.3 Å². The van der Waals surface area contributed by atoms with Crippen molar-refractivity contribution in [2.75, 3.05) is 13.6 Å². The Hall–Kier alpha value is -0.980. The summed E-state index contributed by atoms with van der Waals surface area (Å²) in [5, 5.41) is 0. The fourth-order valence-electron chi connectivity index (χ4n) is 1.74. The van der Waals surface area contributed by atoms with Crippen LogP contribution in [0.25, 0.3) is 0 Å². The minimum absolute atomic E-state index is 0.523. The van der Waals surface area contributed by atoms with E-state index in [1.165, 1.54) is 11.3 Å². The highest BCUT2D eigenvalue weighted by Crippen LogP contribution is 2.28. The van der Waals surface area contributed by atoms with Crippen LogP contribution in [0.4, 0.5) is 0 Å². The monoisotopic (exact) mass is 177 g/mol. The smallest absolute Gasteiger partial charge is 0.0231 e. The predicted molar refractivity (Wildman–Crippen MR) is 58.4 cm³/mol. The summed E-state index contributed by atoms with van der Waals surface area (Å²) < 4.78 is 0. The van der Waals surface area contributed by atoms with E-state index >= 15 is 0 Å². The molecule has 1 nitrogen and oxygen atoms in total. The second-order valence-electron chi connectivity index (χ2n) is 3.50. The van der Waals surface area contributed by atoms with Gasteiger partial charge in [0.1, 0.15) is 0 Å². The van der Waals surface area contributed by atoms with Crippen molar-refractivity contribution in [1.29, 1.82) is 0 Å². The molecular weight excluding hydrogens is 158 g/mol. The molecule has 72 valence electrons.